The second-order valence-corrected chi connectivity index (χ2v) is 6.93. The first kappa shape index (κ1) is 16.2. The Labute approximate surface area is 126 Å². The minimum absolute atomic E-state index is 0.0301. The summed E-state index contributed by atoms with van der Waals surface area (Å²) in [5.41, 5.74) is 0. The van der Waals surface area contributed by atoms with Crippen molar-refractivity contribution >= 4 is 32.1 Å². The van der Waals surface area contributed by atoms with Crippen LogP contribution in [0.25, 0.3) is 4.96 Å². The van der Waals surface area contributed by atoms with Crippen LogP contribution in [0.3, 0.4) is 0 Å². The number of aliphatic hydroxyl groups is 2. The van der Waals surface area contributed by atoms with Crippen molar-refractivity contribution in [3.8, 4) is 0 Å². The number of aromatic nitrogens is 2. The minimum atomic E-state index is -3.87. The van der Waals surface area contributed by atoms with Crippen molar-refractivity contribution in [1.82, 2.24) is 13.7 Å². The standard InChI is InChI=1S/C11H18N4O4S2/c1-2-12-9-10(15-5-8-20-11(15)13-9)21(18,19)14(3-6-16)4-7-17/h5,8,12,16-17H,2-4,6-7H2,1H3. The van der Waals surface area contributed by atoms with E-state index in [1.165, 1.54) is 15.7 Å². The van der Waals surface area contributed by atoms with E-state index < -0.39 is 10.0 Å². The third kappa shape index (κ3) is 3.04. The Morgan fingerprint density at radius 3 is 2.62 bits per heavy atom. The van der Waals surface area contributed by atoms with Crippen molar-refractivity contribution in [2.24, 2.45) is 0 Å². The van der Waals surface area contributed by atoms with Gasteiger partial charge in [-0.25, -0.2) is 13.4 Å². The number of imidazole rings is 1. The second kappa shape index (κ2) is 6.71. The fraction of sp³-hybridized carbons (Fsp3) is 0.545. The Bertz CT molecular complexity index is 688. The van der Waals surface area contributed by atoms with Gasteiger partial charge in [0.15, 0.2) is 15.8 Å². The SMILES string of the molecule is CCNc1nc2sccn2c1S(=O)(=O)N(CCO)CCO. The average Bonchev–Trinajstić information content (AvgIpc) is 2.98. The lowest BCUT2D eigenvalue weighted by Gasteiger charge is -2.20. The molecule has 0 aromatic carbocycles. The molecular weight excluding hydrogens is 316 g/mol. The van der Waals surface area contributed by atoms with Crippen LogP contribution < -0.4 is 5.32 Å². The summed E-state index contributed by atoms with van der Waals surface area (Å²) in [6, 6.07) is 0. The predicted molar refractivity (Wildman–Crippen MR) is 80.2 cm³/mol. The molecule has 2 rings (SSSR count). The highest BCUT2D eigenvalue weighted by Gasteiger charge is 2.31. The molecule has 3 N–H and O–H groups in total. The number of aliphatic hydroxyl groups excluding tert-OH is 2. The van der Waals surface area contributed by atoms with Gasteiger partial charge in [0.2, 0.25) is 0 Å². The summed E-state index contributed by atoms with van der Waals surface area (Å²) in [4.78, 5) is 4.84. The summed E-state index contributed by atoms with van der Waals surface area (Å²) in [5, 5.41) is 22.8. The molecule has 2 heterocycles. The van der Waals surface area contributed by atoms with Gasteiger partial charge >= 0.3 is 0 Å². The Kier molecular flexibility index (Phi) is 5.17. The van der Waals surface area contributed by atoms with Gasteiger partial charge in [0.05, 0.1) is 13.2 Å². The first-order valence-electron chi connectivity index (χ1n) is 6.47. The van der Waals surface area contributed by atoms with E-state index >= 15 is 0 Å². The maximum absolute atomic E-state index is 12.8. The zero-order chi connectivity index (χ0) is 15.5. The molecule has 0 aliphatic rings. The third-order valence-electron chi connectivity index (χ3n) is 2.85. The highest BCUT2D eigenvalue weighted by atomic mass is 32.2. The molecule has 21 heavy (non-hydrogen) atoms. The fourth-order valence-corrected chi connectivity index (χ4v) is 4.41. The summed E-state index contributed by atoms with van der Waals surface area (Å²) >= 11 is 1.33. The molecule has 0 aliphatic heterocycles. The molecule has 0 spiro atoms. The normalized spacial score (nSPS) is 12.4. The fourth-order valence-electron chi connectivity index (χ4n) is 1.99. The van der Waals surface area contributed by atoms with Crippen LogP contribution in [0.5, 0.6) is 0 Å². The van der Waals surface area contributed by atoms with Crippen LogP contribution in [-0.4, -0.2) is 65.2 Å². The molecule has 118 valence electrons. The summed E-state index contributed by atoms with van der Waals surface area (Å²) in [5.74, 6) is 0.283. The molecular formula is C11H18N4O4S2. The molecule has 8 nitrogen and oxygen atoms in total. The van der Waals surface area contributed by atoms with Crippen LogP contribution in [-0.2, 0) is 10.0 Å². The van der Waals surface area contributed by atoms with E-state index in [4.69, 9.17) is 10.2 Å². The van der Waals surface area contributed by atoms with Crippen LogP contribution in [0.2, 0.25) is 0 Å². The lowest BCUT2D eigenvalue weighted by atomic mass is 10.6. The average molecular weight is 334 g/mol. The summed E-state index contributed by atoms with van der Waals surface area (Å²) in [7, 11) is -3.87. The lowest BCUT2D eigenvalue weighted by molar-refractivity contribution is 0.217. The highest BCUT2D eigenvalue weighted by Crippen LogP contribution is 2.28. The van der Waals surface area contributed by atoms with Crippen LogP contribution in [0.1, 0.15) is 6.92 Å². The Morgan fingerprint density at radius 1 is 1.38 bits per heavy atom. The molecule has 10 heteroatoms. The van der Waals surface area contributed by atoms with E-state index in [0.29, 0.717) is 11.5 Å². The smallest absolute Gasteiger partial charge is 0.263 e. The molecule has 0 amide bonds. The summed E-state index contributed by atoms with van der Waals surface area (Å²) < 4.78 is 28.1. The van der Waals surface area contributed by atoms with Crippen molar-refractivity contribution in [1.29, 1.82) is 0 Å². The molecule has 0 aliphatic carbocycles. The molecule has 0 unspecified atom stereocenters. The van der Waals surface area contributed by atoms with Crippen molar-refractivity contribution < 1.29 is 18.6 Å². The number of nitrogens with one attached hydrogen (secondary N) is 1. The van der Waals surface area contributed by atoms with Crippen molar-refractivity contribution in [2.45, 2.75) is 11.9 Å². The number of nitrogens with zero attached hydrogens (tertiary/aromatic N) is 3. The molecule has 0 fully saturated rings. The largest absolute Gasteiger partial charge is 0.395 e. The summed E-state index contributed by atoms with van der Waals surface area (Å²) in [6.07, 6.45) is 1.64. The zero-order valence-corrected chi connectivity index (χ0v) is 13.2. The zero-order valence-electron chi connectivity index (χ0n) is 11.6. The van der Waals surface area contributed by atoms with Gasteiger partial charge in [-0.15, -0.1) is 11.3 Å². The first-order chi connectivity index (χ1) is 10.1. The topological polar surface area (TPSA) is 107 Å². The van der Waals surface area contributed by atoms with Crippen LogP contribution in [0.15, 0.2) is 16.6 Å². The molecule has 0 saturated heterocycles. The number of hydrogen-bond donors (Lipinski definition) is 3. The van der Waals surface area contributed by atoms with Gasteiger partial charge in [0, 0.05) is 31.2 Å². The minimum Gasteiger partial charge on any atom is -0.395 e. The van der Waals surface area contributed by atoms with Crippen molar-refractivity contribution in [3.63, 3.8) is 0 Å². The van der Waals surface area contributed by atoms with Crippen LogP contribution in [0.4, 0.5) is 5.82 Å². The van der Waals surface area contributed by atoms with E-state index in [9.17, 15) is 8.42 Å². The molecule has 0 saturated carbocycles. The van der Waals surface area contributed by atoms with Gasteiger partial charge in [0.25, 0.3) is 10.0 Å². The monoisotopic (exact) mass is 334 g/mol. The number of hydrogen-bond acceptors (Lipinski definition) is 7. The Balaban J connectivity index is 2.55. The lowest BCUT2D eigenvalue weighted by Crippen LogP contribution is -2.36. The number of rotatable bonds is 8. The second-order valence-electron chi connectivity index (χ2n) is 4.20. The van der Waals surface area contributed by atoms with Gasteiger partial charge in [-0.1, -0.05) is 0 Å². The highest BCUT2D eigenvalue weighted by molar-refractivity contribution is 7.89. The first-order valence-corrected chi connectivity index (χ1v) is 8.79. The van der Waals surface area contributed by atoms with E-state index in [-0.39, 0.29) is 37.1 Å². The van der Waals surface area contributed by atoms with Crippen LogP contribution >= 0.6 is 11.3 Å². The maximum Gasteiger partial charge on any atom is 0.263 e. The number of anilines is 1. The van der Waals surface area contributed by atoms with Gasteiger partial charge in [-0.05, 0) is 6.92 Å². The van der Waals surface area contributed by atoms with Crippen molar-refractivity contribution in [3.05, 3.63) is 11.6 Å². The number of thiazole rings is 1. The Hall–Kier alpha value is -1.20. The van der Waals surface area contributed by atoms with Crippen molar-refractivity contribution in [2.75, 3.05) is 38.2 Å². The van der Waals surface area contributed by atoms with Gasteiger partial charge in [0.1, 0.15) is 0 Å². The maximum atomic E-state index is 12.8. The molecule has 2 aromatic rings. The molecule has 0 atom stereocenters. The van der Waals surface area contributed by atoms with E-state index in [0.717, 1.165) is 4.31 Å². The van der Waals surface area contributed by atoms with E-state index in [2.05, 4.69) is 10.3 Å². The summed E-state index contributed by atoms with van der Waals surface area (Å²) in [6.45, 7) is 1.59. The molecule has 0 bridgehead atoms. The van der Waals surface area contributed by atoms with Gasteiger partial charge in [-0.2, -0.15) is 4.31 Å². The van der Waals surface area contributed by atoms with E-state index in [1.54, 1.807) is 11.6 Å². The molecule has 2 aromatic heterocycles. The van der Waals surface area contributed by atoms with Crippen LogP contribution in [0, 0.1) is 0 Å². The quantitative estimate of drug-likeness (QED) is 0.617. The predicted octanol–water partition coefficient (Wildman–Crippen LogP) is -0.197. The van der Waals surface area contributed by atoms with Gasteiger partial charge in [-0.3, -0.25) is 4.40 Å². The number of fused-ring (bicyclic) bond motifs is 1. The number of sulfonamides is 1. The molecule has 0 radical (unpaired) electrons. The Morgan fingerprint density at radius 2 is 2.05 bits per heavy atom. The third-order valence-corrected chi connectivity index (χ3v) is 5.53. The van der Waals surface area contributed by atoms with E-state index in [1.807, 2.05) is 6.92 Å². The van der Waals surface area contributed by atoms with Gasteiger partial charge < -0.3 is 15.5 Å².